The maximum atomic E-state index is 14.2. The molecular formula is C24H18FNO4. The molecule has 0 amide bonds. The zero-order valence-corrected chi connectivity index (χ0v) is 16.2. The van der Waals surface area contributed by atoms with Gasteiger partial charge >= 0.3 is 0 Å². The van der Waals surface area contributed by atoms with Crippen molar-refractivity contribution in [2.45, 2.75) is 6.54 Å². The number of hydrogen-bond donors (Lipinski definition) is 0. The first-order valence-corrected chi connectivity index (χ1v) is 9.50. The van der Waals surface area contributed by atoms with Gasteiger partial charge in [-0.15, -0.1) is 0 Å². The summed E-state index contributed by atoms with van der Waals surface area (Å²) >= 11 is 0. The molecule has 1 aliphatic heterocycles. The van der Waals surface area contributed by atoms with Gasteiger partial charge in [-0.2, -0.15) is 0 Å². The zero-order chi connectivity index (χ0) is 20.7. The van der Waals surface area contributed by atoms with E-state index < -0.39 is 0 Å². The van der Waals surface area contributed by atoms with E-state index in [0.717, 1.165) is 11.1 Å². The van der Waals surface area contributed by atoms with Gasteiger partial charge in [-0.1, -0.05) is 24.3 Å². The zero-order valence-electron chi connectivity index (χ0n) is 16.2. The minimum Gasteiger partial charge on any atom is -0.497 e. The highest BCUT2D eigenvalue weighted by Gasteiger charge is 2.24. The Bertz CT molecular complexity index is 1300. The highest BCUT2D eigenvalue weighted by atomic mass is 19.1. The van der Waals surface area contributed by atoms with E-state index in [2.05, 4.69) is 0 Å². The van der Waals surface area contributed by atoms with E-state index in [1.165, 1.54) is 12.3 Å². The Hall–Kier alpha value is -3.80. The highest BCUT2D eigenvalue weighted by molar-refractivity contribution is 5.86. The van der Waals surface area contributed by atoms with Gasteiger partial charge in [-0.05, 0) is 42.0 Å². The first-order chi connectivity index (χ1) is 14.7. The molecule has 0 fully saturated rings. The van der Waals surface area contributed by atoms with Crippen LogP contribution in [0.4, 0.5) is 10.1 Å². The summed E-state index contributed by atoms with van der Waals surface area (Å²) in [5.74, 6) is 1.02. The molecule has 0 saturated carbocycles. The van der Waals surface area contributed by atoms with Gasteiger partial charge in [0.05, 0.1) is 35.9 Å². The summed E-state index contributed by atoms with van der Waals surface area (Å²) in [6.45, 7) is 0.589. The lowest BCUT2D eigenvalue weighted by Crippen LogP contribution is -2.32. The molecule has 0 aliphatic carbocycles. The summed E-state index contributed by atoms with van der Waals surface area (Å²) in [7, 11) is 1.59. The molecule has 0 N–H and O–H groups in total. The van der Waals surface area contributed by atoms with Crippen LogP contribution in [0.2, 0.25) is 0 Å². The Labute approximate surface area is 171 Å². The molecule has 4 aromatic rings. The Morgan fingerprint density at radius 3 is 2.60 bits per heavy atom. The maximum Gasteiger partial charge on any atom is 0.200 e. The van der Waals surface area contributed by atoms with Crippen molar-refractivity contribution in [3.63, 3.8) is 0 Å². The van der Waals surface area contributed by atoms with Crippen molar-refractivity contribution in [2.75, 3.05) is 18.7 Å². The first-order valence-electron chi connectivity index (χ1n) is 9.50. The van der Waals surface area contributed by atoms with Gasteiger partial charge in [0.15, 0.2) is 6.73 Å². The largest absolute Gasteiger partial charge is 0.497 e. The number of anilines is 1. The predicted molar refractivity (Wildman–Crippen MR) is 113 cm³/mol. The molecule has 1 aliphatic rings. The molecule has 0 unspecified atom stereocenters. The van der Waals surface area contributed by atoms with Crippen LogP contribution in [-0.2, 0) is 6.54 Å². The minimum atomic E-state index is -0.326. The van der Waals surface area contributed by atoms with Crippen molar-refractivity contribution in [1.82, 2.24) is 0 Å². The van der Waals surface area contributed by atoms with E-state index in [1.807, 2.05) is 12.1 Å². The molecule has 30 heavy (non-hydrogen) atoms. The molecule has 150 valence electrons. The average Bonchev–Trinajstić information content (AvgIpc) is 2.79. The number of para-hydroxylation sites is 1. The van der Waals surface area contributed by atoms with Crippen molar-refractivity contribution in [3.05, 3.63) is 88.5 Å². The molecule has 0 atom stereocenters. The maximum absolute atomic E-state index is 14.2. The minimum absolute atomic E-state index is 0.132. The Morgan fingerprint density at radius 2 is 1.83 bits per heavy atom. The van der Waals surface area contributed by atoms with E-state index in [0.29, 0.717) is 40.3 Å². The Morgan fingerprint density at radius 1 is 1.03 bits per heavy atom. The van der Waals surface area contributed by atoms with Gasteiger partial charge in [0.25, 0.3) is 0 Å². The molecule has 0 radical (unpaired) electrons. The highest BCUT2D eigenvalue weighted by Crippen LogP contribution is 2.35. The number of rotatable bonds is 3. The number of benzene rings is 3. The molecule has 0 saturated heterocycles. The number of ether oxygens (including phenoxy) is 2. The topological polar surface area (TPSA) is 51.9 Å². The lowest BCUT2D eigenvalue weighted by Gasteiger charge is -2.31. The van der Waals surface area contributed by atoms with Gasteiger partial charge in [-0.3, -0.25) is 4.79 Å². The van der Waals surface area contributed by atoms with Gasteiger partial charge < -0.3 is 18.8 Å². The fourth-order valence-electron chi connectivity index (χ4n) is 3.74. The molecule has 5 rings (SSSR count). The van der Waals surface area contributed by atoms with E-state index in [9.17, 15) is 9.18 Å². The van der Waals surface area contributed by atoms with E-state index in [1.54, 1.807) is 54.5 Å². The predicted octanol–water partition coefficient (Wildman–Crippen LogP) is 4.96. The smallest absolute Gasteiger partial charge is 0.200 e. The van der Waals surface area contributed by atoms with Crippen molar-refractivity contribution < 1.29 is 18.3 Å². The number of fused-ring (bicyclic) bond motifs is 3. The SMILES string of the molecule is COc1ccc(-c2coc3c4c(ccc3c2=O)OCN(c2ccccc2F)C4)cc1. The molecule has 1 aromatic heterocycles. The third-order valence-corrected chi connectivity index (χ3v) is 5.32. The molecular weight excluding hydrogens is 385 g/mol. The molecule has 0 spiro atoms. The Kier molecular flexibility index (Phi) is 4.39. The van der Waals surface area contributed by atoms with Crippen LogP contribution in [0.3, 0.4) is 0 Å². The van der Waals surface area contributed by atoms with Crippen molar-refractivity contribution in [3.8, 4) is 22.6 Å². The number of hydrogen-bond acceptors (Lipinski definition) is 5. The van der Waals surface area contributed by atoms with Gasteiger partial charge in [0.2, 0.25) is 5.43 Å². The lowest BCUT2D eigenvalue weighted by atomic mass is 10.0. The van der Waals surface area contributed by atoms with Gasteiger partial charge in [-0.25, -0.2) is 4.39 Å². The number of nitrogens with zero attached hydrogens (tertiary/aromatic N) is 1. The van der Waals surface area contributed by atoms with Crippen LogP contribution in [0.1, 0.15) is 5.56 Å². The summed E-state index contributed by atoms with van der Waals surface area (Å²) in [5, 5.41) is 0.459. The number of methoxy groups -OCH3 is 1. The van der Waals surface area contributed by atoms with Crippen LogP contribution < -0.4 is 19.8 Å². The molecule has 5 nitrogen and oxygen atoms in total. The van der Waals surface area contributed by atoms with Crippen LogP contribution >= 0.6 is 0 Å². The molecule has 6 heteroatoms. The van der Waals surface area contributed by atoms with E-state index in [-0.39, 0.29) is 18.0 Å². The second-order valence-electron chi connectivity index (χ2n) is 7.05. The molecule has 2 heterocycles. The van der Waals surface area contributed by atoms with E-state index >= 15 is 0 Å². The van der Waals surface area contributed by atoms with E-state index in [4.69, 9.17) is 13.9 Å². The van der Waals surface area contributed by atoms with Crippen LogP contribution in [0.15, 0.2) is 76.1 Å². The third-order valence-electron chi connectivity index (χ3n) is 5.32. The second kappa shape index (κ2) is 7.22. The molecule has 0 bridgehead atoms. The Balaban J connectivity index is 1.59. The van der Waals surface area contributed by atoms with Gasteiger partial charge in [0.1, 0.15) is 29.2 Å². The van der Waals surface area contributed by atoms with Crippen LogP contribution in [-0.4, -0.2) is 13.8 Å². The number of halogens is 1. The van der Waals surface area contributed by atoms with Crippen molar-refractivity contribution in [2.24, 2.45) is 0 Å². The van der Waals surface area contributed by atoms with Gasteiger partial charge in [0, 0.05) is 0 Å². The fourth-order valence-corrected chi connectivity index (χ4v) is 3.74. The lowest BCUT2D eigenvalue weighted by molar-refractivity contribution is 0.287. The van der Waals surface area contributed by atoms with Crippen LogP contribution in [0.5, 0.6) is 11.5 Å². The normalized spacial score (nSPS) is 13.1. The average molecular weight is 403 g/mol. The monoisotopic (exact) mass is 403 g/mol. The summed E-state index contributed by atoms with van der Waals surface area (Å²) in [5.41, 5.74) is 2.70. The third kappa shape index (κ3) is 2.97. The fraction of sp³-hybridized carbons (Fsp3) is 0.125. The second-order valence-corrected chi connectivity index (χ2v) is 7.05. The van der Waals surface area contributed by atoms with Crippen molar-refractivity contribution >= 4 is 16.7 Å². The summed E-state index contributed by atoms with van der Waals surface area (Å²) in [6, 6.07) is 17.2. The first kappa shape index (κ1) is 18.2. The van der Waals surface area contributed by atoms with Crippen molar-refractivity contribution in [1.29, 1.82) is 0 Å². The standard InChI is InChI=1S/C24H18FNO4/c1-28-16-8-6-15(7-9-16)19-13-29-24-17(23(19)27)10-11-22-18(24)12-26(14-30-22)21-5-3-2-4-20(21)25/h2-11,13H,12,14H2,1H3. The summed E-state index contributed by atoms with van der Waals surface area (Å²) < 4.78 is 31.2. The quantitative estimate of drug-likeness (QED) is 0.484. The summed E-state index contributed by atoms with van der Waals surface area (Å²) in [4.78, 5) is 14.9. The van der Waals surface area contributed by atoms with Crippen LogP contribution in [0.25, 0.3) is 22.1 Å². The molecule has 3 aromatic carbocycles. The summed E-state index contributed by atoms with van der Waals surface area (Å²) in [6.07, 6.45) is 1.47. The van der Waals surface area contributed by atoms with Crippen LogP contribution in [0, 0.1) is 5.82 Å².